The van der Waals surface area contributed by atoms with Gasteiger partial charge in [-0.15, -0.1) is 0 Å². The quantitative estimate of drug-likeness (QED) is 0.155. The Morgan fingerprint density at radius 2 is 1.61 bits per heavy atom. The Kier molecular flexibility index (Phi) is 10.0. The minimum absolute atomic E-state index is 0.0621. The monoisotopic (exact) mass is 640 g/mol. The van der Waals surface area contributed by atoms with Gasteiger partial charge in [-0.1, -0.05) is 60.5 Å². The van der Waals surface area contributed by atoms with Crippen molar-refractivity contribution in [2.24, 2.45) is 34.5 Å². The second kappa shape index (κ2) is 12.9. The van der Waals surface area contributed by atoms with Crippen LogP contribution in [-0.2, 0) is 36.7 Å². The Bertz CT molecular complexity index is 1450. The molecule has 0 amide bonds. The number of carbonyl (C=O) groups is 3. The fourth-order valence-electron chi connectivity index (χ4n) is 9.20. The van der Waals surface area contributed by atoms with Gasteiger partial charge in [0.2, 0.25) is 5.78 Å². The number of methoxy groups -OCH3 is 2. The second-order valence-electron chi connectivity index (χ2n) is 14.7. The second-order valence-corrected chi connectivity index (χ2v) is 14.7. The van der Waals surface area contributed by atoms with Crippen LogP contribution in [0.25, 0.3) is 5.76 Å². The van der Waals surface area contributed by atoms with Gasteiger partial charge in [-0.2, -0.15) is 0 Å². The summed E-state index contributed by atoms with van der Waals surface area (Å²) in [5.41, 5.74) is -4.12. The number of aliphatic hydroxyl groups excluding tert-OH is 2. The van der Waals surface area contributed by atoms with Crippen LogP contribution in [0.5, 0.6) is 5.75 Å². The first-order valence-electron chi connectivity index (χ1n) is 16.6. The van der Waals surface area contributed by atoms with Crippen molar-refractivity contribution in [1.29, 1.82) is 0 Å². The van der Waals surface area contributed by atoms with E-state index in [1.807, 2.05) is 13.0 Å². The van der Waals surface area contributed by atoms with E-state index in [0.29, 0.717) is 24.3 Å². The highest BCUT2D eigenvalue weighted by molar-refractivity contribution is 6.24. The number of fused-ring (bicyclic) bond motifs is 3. The minimum Gasteiger partial charge on any atom is -0.508 e. The molecule has 3 aliphatic rings. The molecule has 1 aromatic carbocycles. The number of hydrogen-bond donors (Lipinski definition) is 4. The van der Waals surface area contributed by atoms with Crippen molar-refractivity contribution in [1.82, 2.24) is 0 Å². The molecule has 3 aliphatic carbocycles. The molecule has 0 aliphatic heterocycles. The Morgan fingerprint density at radius 3 is 2.13 bits per heavy atom. The third-order valence-corrected chi connectivity index (χ3v) is 11.4. The first-order chi connectivity index (χ1) is 21.5. The summed E-state index contributed by atoms with van der Waals surface area (Å²) < 4.78 is 11.1. The predicted octanol–water partition coefficient (Wildman–Crippen LogP) is 6.18. The van der Waals surface area contributed by atoms with Crippen molar-refractivity contribution >= 4 is 23.1 Å². The summed E-state index contributed by atoms with van der Waals surface area (Å²) in [5.74, 6) is -4.59. The van der Waals surface area contributed by atoms with Crippen LogP contribution < -0.4 is 0 Å². The minimum atomic E-state index is -2.62. The van der Waals surface area contributed by atoms with Gasteiger partial charge >= 0.3 is 0 Å². The van der Waals surface area contributed by atoms with Crippen LogP contribution in [0.15, 0.2) is 29.0 Å². The zero-order valence-corrected chi connectivity index (χ0v) is 28.8. The maximum atomic E-state index is 14.6. The van der Waals surface area contributed by atoms with Crippen LogP contribution in [0.4, 0.5) is 0 Å². The van der Waals surface area contributed by atoms with E-state index in [9.17, 15) is 34.8 Å². The molecular weight excluding hydrogens is 588 g/mol. The number of rotatable bonds is 12. The van der Waals surface area contributed by atoms with Crippen molar-refractivity contribution in [2.45, 2.75) is 105 Å². The molecule has 9 nitrogen and oxygen atoms in total. The normalized spacial score (nSPS) is 28.6. The first-order valence-corrected chi connectivity index (χ1v) is 16.6. The molecule has 2 unspecified atom stereocenters. The largest absolute Gasteiger partial charge is 0.508 e. The van der Waals surface area contributed by atoms with Gasteiger partial charge in [-0.25, -0.2) is 0 Å². The van der Waals surface area contributed by atoms with Gasteiger partial charge in [0, 0.05) is 43.0 Å². The number of benzene rings is 1. The lowest BCUT2D eigenvalue weighted by molar-refractivity contribution is -0.178. The van der Waals surface area contributed by atoms with Crippen molar-refractivity contribution in [2.75, 3.05) is 14.2 Å². The number of Topliss-reactive ketones (excluding diaryl/α,β-unsaturated/α-hetero) is 3. The highest BCUT2D eigenvalue weighted by Gasteiger charge is 2.72. The SMILES string of the molecule is CCC(CC)CC(Cc1ccc(O)c2c1C[C@]1(C)C[C@]3(C)C(C(C)C)C(=O)C(C(C)=O)=C(O)[C@]3(O)C(=O)C1=C2O)CC(OC)OC. The Morgan fingerprint density at radius 1 is 1.00 bits per heavy atom. The van der Waals surface area contributed by atoms with E-state index in [0.717, 1.165) is 31.7 Å². The highest BCUT2D eigenvalue weighted by atomic mass is 16.7. The van der Waals surface area contributed by atoms with Gasteiger partial charge in [-0.3, -0.25) is 14.4 Å². The van der Waals surface area contributed by atoms with Gasteiger partial charge in [0.1, 0.15) is 22.8 Å². The third kappa shape index (κ3) is 5.42. The summed E-state index contributed by atoms with van der Waals surface area (Å²) in [5, 5.41) is 46.6. The summed E-state index contributed by atoms with van der Waals surface area (Å²) in [6.07, 6.45) is 4.18. The Balaban J connectivity index is 1.92. The van der Waals surface area contributed by atoms with Gasteiger partial charge in [-0.05, 0) is 67.6 Å². The van der Waals surface area contributed by atoms with Crippen LogP contribution >= 0.6 is 0 Å². The standard InChI is InChI=1S/C37H52O9/c1-10-21(11-2)14-22(16-26(45-8)46-9)15-23-12-13-25(39)28-24(23)17-35(6)18-36(7)29(19(3)4)31(40)27(20(5)38)33(42)37(36,44)34(43)30(35)32(28)41/h12-13,19,21-22,26,29,39,41-42,44H,10-11,14-18H2,1-9H3/t22?,29?,35-,36-,37+/m1/s1. The number of carbonyl (C=O) groups excluding carboxylic acids is 3. The molecule has 0 spiro atoms. The van der Waals surface area contributed by atoms with E-state index in [1.54, 1.807) is 35.0 Å². The van der Waals surface area contributed by atoms with Crippen molar-refractivity contribution < 1.29 is 44.3 Å². The number of aromatic hydroxyl groups is 1. The zero-order chi connectivity index (χ0) is 34.5. The maximum absolute atomic E-state index is 14.6. The number of ketones is 3. The molecule has 1 saturated carbocycles. The first kappa shape index (κ1) is 35.8. The average Bonchev–Trinajstić information content (AvgIpc) is 2.97. The lowest BCUT2D eigenvalue weighted by Crippen LogP contribution is -2.69. The molecular formula is C37H52O9. The zero-order valence-electron chi connectivity index (χ0n) is 28.8. The molecule has 0 saturated heterocycles. The summed E-state index contributed by atoms with van der Waals surface area (Å²) in [4.78, 5) is 40.9. The molecule has 0 bridgehead atoms. The van der Waals surface area contributed by atoms with Gasteiger partial charge in [0.05, 0.1) is 5.56 Å². The van der Waals surface area contributed by atoms with Crippen LogP contribution in [0.1, 0.15) is 97.3 Å². The molecule has 1 aromatic rings. The highest BCUT2D eigenvalue weighted by Crippen LogP contribution is 2.65. The molecule has 9 heteroatoms. The van der Waals surface area contributed by atoms with E-state index in [4.69, 9.17) is 9.47 Å². The number of phenols is 1. The van der Waals surface area contributed by atoms with E-state index < -0.39 is 63.1 Å². The van der Waals surface area contributed by atoms with Crippen molar-refractivity contribution in [3.05, 3.63) is 45.7 Å². The van der Waals surface area contributed by atoms with Crippen LogP contribution in [0.3, 0.4) is 0 Å². The number of hydrogen-bond acceptors (Lipinski definition) is 9. The molecule has 46 heavy (non-hydrogen) atoms. The lowest BCUT2D eigenvalue weighted by Gasteiger charge is -2.59. The Labute approximate surface area is 272 Å². The molecule has 4 N–H and O–H groups in total. The smallest absolute Gasteiger partial charge is 0.203 e. The van der Waals surface area contributed by atoms with E-state index in [2.05, 4.69) is 13.8 Å². The van der Waals surface area contributed by atoms with Gasteiger partial charge in [0.25, 0.3) is 0 Å². The molecule has 0 radical (unpaired) electrons. The molecule has 254 valence electrons. The number of aliphatic hydroxyl groups is 3. The molecule has 1 fully saturated rings. The van der Waals surface area contributed by atoms with E-state index in [-0.39, 0.29) is 41.6 Å². The van der Waals surface area contributed by atoms with Crippen LogP contribution in [0, 0.1) is 34.5 Å². The van der Waals surface area contributed by atoms with E-state index in [1.165, 1.54) is 6.07 Å². The fourth-order valence-corrected chi connectivity index (χ4v) is 9.20. The maximum Gasteiger partial charge on any atom is 0.203 e. The van der Waals surface area contributed by atoms with Crippen LogP contribution in [-0.4, -0.2) is 63.9 Å². The molecule has 0 aromatic heterocycles. The summed E-state index contributed by atoms with van der Waals surface area (Å²) in [6, 6.07) is 3.37. The Hall–Kier alpha value is -3.01. The summed E-state index contributed by atoms with van der Waals surface area (Å²) in [7, 11) is 3.23. The van der Waals surface area contributed by atoms with Crippen LogP contribution in [0.2, 0.25) is 0 Å². The van der Waals surface area contributed by atoms with Crippen molar-refractivity contribution in [3.63, 3.8) is 0 Å². The van der Waals surface area contributed by atoms with Gasteiger partial charge in [0.15, 0.2) is 23.5 Å². The number of phenolic OH excluding ortho intramolecular Hbond substituents is 1. The lowest BCUT2D eigenvalue weighted by atomic mass is 9.43. The number of allylic oxidation sites excluding steroid dienone is 1. The van der Waals surface area contributed by atoms with Gasteiger partial charge < -0.3 is 29.9 Å². The molecule has 0 heterocycles. The van der Waals surface area contributed by atoms with Crippen molar-refractivity contribution in [3.8, 4) is 5.75 Å². The predicted molar refractivity (Wildman–Crippen MR) is 174 cm³/mol. The fraction of sp³-hybridized carbons (Fsp3) is 0.649. The summed E-state index contributed by atoms with van der Waals surface area (Å²) in [6.45, 7) is 12.5. The number of ether oxygens (including phenoxy) is 2. The molecule has 5 atom stereocenters. The average molecular weight is 641 g/mol. The third-order valence-electron chi connectivity index (χ3n) is 11.4. The molecule has 4 rings (SSSR count). The van der Waals surface area contributed by atoms with E-state index >= 15 is 0 Å². The summed E-state index contributed by atoms with van der Waals surface area (Å²) >= 11 is 0. The topological polar surface area (TPSA) is 151 Å².